The largest absolute Gasteiger partial charge is 0.397 e. The maximum atomic E-state index is 11.8. The quantitative estimate of drug-likeness (QED) is 0.0503. The van der Waals surface area contributed by atoms with Crippen LogP contribution in [0.1, 0.15) is 245 Å². The number of rotatable bonds is 38. The van der Waals surface area contributed by atoms with Crippen LogP contribution < -0.4 is 0 Å². The Kier molecular flexibility index (Phi) is 33.2. The van der Waals surface area contributed by atoms with E-state index in [4.69, 9.17) is 4.18 Å². The molecule has 0 spiro atoms. The average molecular weight is 675 g/mol. The maximum absolute atomic E-state index is 11.8. The van der Waals surface area contributed by atoms with Crippen LogP contribution in [0.5, 0.6) is 0 Å². The van der Waals surface area contributed by atoms with Gasteiger partial charge in [0.25, 0.3) is 0 Å². The van der Waals surface area contributed by atoms with Crippen molar-refractivity contribution in [2.45, 2.75) is 257 Å². The monoisotopic (exact) mass is 675 g/mol. The summed E-state index contributed by atoms with van der Waals surface area (Å²) in [5, 5.41) is 10.2. The Morgan fingerprint density at radius 2 is 0.674 bits per heavy atom. The molecule has 0 aromatic heterocycles. The van der Waals surface area contributed by atoms with Gasteiger partial charge in [0.05, 0.1) is 11.7 Å². The van der Waals surface area contributed by atoms with Gasteiger partial charge in [-0.15, -0.1) is 0 Å². The molecule has 46 heavy (non-hydrogen) atoms. The van der Waals surface area contributed by atoms with E-state index in [1.54, 1.807) is 6.92 Å². The van der Waals surface area contributed by atoms with Crippen LogP contribution in [-0.4, -0.2) is 29.8 Å². The topological polar surface area (TPSA) is 83.8 Å². The van der Waals surface area contributed by atoms with Crippen LogP contribution in [0.25, 0.3) is 0 Å². The van der Waals surface area contributed by atoms with E-state index in [0.717, 1.165) is 38.5 Å². The highest BCUT2D eigenvalue weighted by Gasteiger charge is 2.36. The third kappa shape index (κ3) is 33.7. The van der Waals surface area contributed by atoms with E-state index in [-0.39, 0.29) is 6.42 Å². The molecule has 0 bridgehead atoms. The first-order valence-corrected chi connectivity index (χ1v) is 22.0. The third-order valence-electron chi connectivity index (χ3n) is 9.92. The second kappa shape index (κ2) is 33.3. The zero-order valence-corrected chi connectivity index (χ0v) is 32.2. The second-order valence-corrected chi connectivity index (χ2v) is 15.9. The van der Waals surface area contributed by atoms with E-state index in [9.17, 15) is 18.1 Å². The molecule has 0 aliphatic rings. The van der Waals surface area contributed by atoms with E-state index in [0.29, 0.717) is 12.8 Å². The summed E-state index contributed by atoms with van der Waals surface area (Å²) in [4.78, 5) is 0. The Hall–Kier alpha value is -0.170. The molecular weight excluding hydrogens is 593 g/mol. The predicted octanol–water partition coefficient (Wildman–Crippen LogP) is 13.6. The molecule has 0 rings (SSSR count). The molecule has 0 aromatic carbocycles. The van der Waals surface area contributed by atoms with Crippen molar-refractivity contribution in [2.75, 3.05) is 0 Å². The molecule has 0 aromatic rings. The van der Waals surface area contributed by atoms with Crippen LogP contribution >= 0.6 is 0 Å². The maximum Gasteiger partial charge on any atom is 0.397 e. The number of hydrogen-bond donors (Lipinski definition) is 2. The normalized spacial score (nSPS) is 13.1. The highest BCUT2D eigenvalue weighted by Crippen LogP contribution is 2.33. The predicted molar refractivity (Wildman–Crippen MR) is 200 cm³/mol. The molecular formula is C40H82O5S. The first-order valence-electron chi connectivity index (χ1n) is 20.6. The lowest BCUT2D eigenvalue weighted by molar-refractivity contribution is -0.00386. The van der Waals surface area contributed by atoms with Crippen molar-refractivity contribution in [3.05, 3.63) is 0 Å². The summed E-state index contributed by atoms with van der Waals surface area (Å²) < 4.78 is 38.6. The molecule has 1 atom stereocenters. The Morgan fingerprint density at radius 1 is 0.457 bits per heavy atom. The zero-order valence-electron chi connectivity index (χ0n) is 31.4. The standard InChI is InChI=1S/C40H82O5S/c1-4-6-8-10-12-14-16-18-20-22-24-26-28-30-32-34-36-40(38-39(3)41,45-46(42,43)44)37-35-33-31-29-27-25-23-21-19-17-15-13-11-9-7-5-2/h39,41H,4-38H2,1-3H3,(H,42,43,44). The van der Waals surface area contributed by atoms with Crippen LogP contribution in [0.15, 0.2) is 0 Å². The SMILES string of the molecule is CCCCCCCCCCCCCCCCCCC(CCCCCCCCCCCCCCCCCC)(CC(C)O)OS(=O)(=O)O. The molecule has 6 heteroatoms. The molecule has 0 aliphatic carbocycles. The molecule has 1 unspecified atom stereocenters. The van der Waals surface area contributed by atoms with Crippen LogP contribution in [0.3, 0.4) is 0 Å². The summed E-state index contributed by atoms with van der Waals surface area (Å²) in [6.07, 6.45) is 42.1. The van der Waals surface area contributed by atoms with Crippen molar-refractivity contribution in [3.63, 3.8) is 0 Å². The van der Waals surface area contributed by atoms with Gasteiger partial charge in [-0.2, -0.15) is 8.42 Å². The Morgan fingerprint density at radius 3 is 0.870 bits per heavy atom. The van der Waals surface area contributed by atoms with Crippen molar-refractivity contribution in [1.29, 1.82) is 0 Å². The number of aliphatic hydroxyl groups excluding tert-OH is 1. The fraction of sp³-hybridized carbons (Fsp3) is 1.00. The van der Waals surface area contributed by atoms with E-state index in [2.05, 4.69) is 13.8 Å². The molecule has 0 saturated heterocycles. The fourth-order valence-electron chi connectivity index (χ4n) is 7.20. The minimum absolute atomic E-state index is 0.240. The van der Waals surface area contributed by atoms with Gasteiger partial charge >= 0.3 is 10.4 Å². The van der Waals surface area contributed by atoms with Gasteiger partial charge < -0.3 is 5.11 Å². The van der Waals surface area contributed by atoms with Crippen LogP contribution in [0.2, 0.25) is 0 Å². The highest BCUT2D eigenvalue weighted by atomic mass is 32.3. The Bertz CT molecular complexity index is 672. The lowest BCUT2D eigenvalue weighted by Crippen LogP contribution is -2.38. The molecule has 0 radical (unpaired) electrons. The van der Waals surface area contributed by atoms with Crippen molar-refractivity contribution < 1.29 is 22.3 Å². The molecule has 0 fully saturated rings. The summed E-state index contributed by atoms with van der Waals surface area (Å²) in [6.45, 7) is 6.23. The minimum atomic E-state index is -4.58. The van der Waals surface area contributed by atoms with Gasteiger partial charge in [-0.1, -0.05) is 219 Å². The van der Waals surface area contributed by atoms with Crippen molar-refractivity contribution >= 4 is 10.4 Å². The molecule has 278 valence electrons. The van der Waals surface area contributed by atoms with Crippen LogP contribution in [-0.2, 0) is 14.6 Å². The van der Waals surface area contributed by atoms with Gasteiger partial charge in [0.2, 0.25) is 0 Å². The van der Waals surface area contributed by atoms with Crippen molar-refractivity contribution in [2.24, 2.45) is 0 Å². The van der Waals surface area contributed by atoms with E-state index in [1.807, 2.05) is 0 Å². The Balaban J connectivity index is 4.08. The molecule has 0 saturated carbocycles. The lowest BCUT2D eigenvalue weighted by atomic mass is 9.85. The highest BCUT2D eigenvalue weighted by molar-refractivity contribution is 7.80. The summed E-state index contributed by atoms with van der Waals surface area (Å²) in [6, 6.07) is 0. The number of hydrogen-bond acceptors (Lipinski definition) is 4. The molecule has 0 aliphatic heterocycles. The Labute approximate surface area is 289 Å². The van der Waals surface area contributed by atoms with E-state index < -0.39 is 22.1 Å². The second-order valence-electron chi connectivity index (χ2n) is 14.9. The van der Waals surface area contributed by atoms with Crippen LogP contribution in [0, 0.1) is 0 Å². The number of unbranched alkanes of at least 4 members (excludes halogenated alkanes) is 30. The summed E-state index contributed by atoms with van der Waals surface area (Å²) in [5.74, 6) is 0. The molecule has 0 amide bonds. The fourth-order valence-corrected chi connectivity index (χ4v) is 7.88. The zero-order chi connectivity index (χ0) is 34.0. The van der Waals surface area contributed by atoms with Crippen molar-refractivity contribution in [1.82, 2.24) is 0 Å². The van der Waals surface area contributed by atoms with Gasteiger partial charge in [0.1, 0.15) is 0 Å². The van der Waals surface area contributed by atoms with Crippen molar-refractivity contribution in [3.8, 4) is 0 Å². The average Bonchev–Trinajstić information content (AvgIpc) is 2.99. The summed E-state index contributed by atoms with van der Waals surface area (Å²) >= 11 is 0. The first kappa shape index (κ1) is 45.8. The smallest absolute Gasteiger partial charge is 0.393 e. The molecule has 5 nitrogen and oxygen atoms in total. The lowest BCUT2D eigenvalue weighted by Gasteiger charge is -2.33. The first-order chi connectivity index (χ1) is 22.2. The van der Waals surface area contributed by atoms with E-state index in [1.165, 1.54) is 167 Å². The van der Waals surface area contributed by atoms with Gasteiger partial charge in [0.15, 0.2) is 0 Å². The number of aliphatic hydroxyl groups is 1. The molecule has 2 N–H and O–H groups in total. The van der Waals surface area contributed by atoms with Gasteiger partial charge in [-0.3, -0.25) is 4.55 Å². The van der Waals surface area contributed by atoms with Gasteiger partial charge in [-0.05, 0) is 19.8 Å². The van der Waals surface area contributed by atoms with E-state index >= 15 is 0 Å². The van der Waals surface area contributed by atoms with Crippen LogP contribution in [0.4, 0.5) is 0 Å². The van der Waals surface area contributed by atoms with Gasteiger partial charge in [0, 0.05) is 6.42 Å². The minimum Gasteiger partial charge on any atom is -0.393 e. The molecule has 0 heterocycles. The third-order valence-corrected chi connectivity index (χ3v) is 10.5. The van der Waals surface area contributed by atoms with Gasteiger partial charge in [-0.25, -0.2) is 4.18 Å². The summed E-state index contributed by atoms with van der Waals surface area (Å²) in [7, 11) is -4.58. The summed E-state index contributed by atoms with van der Waals surface area (Å²) in [5.41, 5.74) is -1.01.